The fraction of sp³-hybridized carbons (Fsp3) is 0.294. The Hall–Kier alpha value is -2.63. The van der Waals surface area contributed by atoms with Crippen molar-refractivity contribution in [2.45, 2.75) is 12.8 Å². The minimum absolute atomic E-state index is 0.199. The Morgan fingerprint density at radius 2 is 1.87 bits per heavy atom. The Bertz CT molecular complexity index is 678. The minimum Gasteiger partial charge on any atom is -0.469 e. The van der Waals surface area contributed by atoms with Gasteiger partial charge < -0.3 is 14.1 Å². The SMILES string of the molecule is COC(=O)CCCN(C)C(=O)c1ccc(-c2ccc(F)cc2)o1. The molecule has 0 radical (unpaired) electrons. The molecule has 6 heteroatoms. The number of halogens is 1. The van der Waals surface area contributed by atoms with Crippen LogP contribution in [-0.4, -0.2) is 37.5 Å². The van der Waals surface area contributed by atoms with Gasteiger partial charge in [0, 0.05) is 25.6 Å². The normalized spacial score (nSPS) is 10.4. The largest absolute Gasteiger partial charge is 0.469 e. The summed E-state index contributed by atoms with van der Waals surface area (Å²) in [7, 11) is 2.97. The highest BCUT2D eigenvalue weighted by molar-refractivity contribution is 5.92. The average Bonchev–Trinajstić information content (AvgIpc) is 3.04. The first-order valence-electron chi connectivity index (χ1n) is 7.19. The second-order valence-electron chi connectivity index (χ2n) is 5.08. The molecular formula is C17H18FNO4. The van der Waals surface area contributed by atoms with Gasteiger partial charge in [0.2, 0.25) is 0 Å². The van der Waals surface area contributed by atoms with E-state index in [1.165, 1.54) is 24.1 Å². The van der Waals surface area contributed by atoms with Crippen molar-refractivity contribution in [2.75, 3.05) is 20.7 Å². The van der Waals surface area contributed by atoms with Crippen molar-refractivity contribution < 1.29 is 23.1 Å². The van der Waals surface area contributed by atoms with E-state index >= 15 is 0 Å². The maximum atomic E-state index is 12.9. The Morgan fingerprint density at radius 3 is 2.52 bits per heavy atom. The van der Waals surface area contributed by atoms with Gasteiger partial charge in [-0.2, -0.15) is 0 Å². The molecule has 122 valence electrons. The summed E-state index contributed by atoms with van der Waals surface area (Å²) in [6, 6.07) is 9.09. The predicted molar refractivity (Wildman–Crippen MR) is 82.3 cm³/mol. The van der Waals surface area contributed by atoms with Gasteiger partial charge in [0.25, 0.3) is 5.91 Å². The summed E-state index contributed by atoms with van der Waals surface area (Å²) >= 11 is 0. The Labute approximate surface area is 133 Å². The van der Waals surface area contributed by atoms with Crippen molar-refractivity contribution in [2.24, 2.45) is 0 Å². The van der Waals surface area contributed by atoms with Gasteiger partial charge in [-0.15, -0.1) is 0 Å². The highest BCUT2D eigenvalue weighted by atomic mass is 19.1. The van der Waals surface area contributed by atoms with Gasteiger partial charge in [-0.3, -0.25) is 9.59 Å². The van der Waals surface area contributed by atoms with Gasteiger partial charge in [0.15, 0.2) is 5.76 Å². The molecule has 0 saturated heterocycles. The van der Waals surface area contributed by atoms with Crippen LogP contribution in [0.15, 0.2) is 40.8 Å². The number of furan rings is 1. The van der Waals surface area contributed by atoms with Crippen LogP contribution in [-0.2, 0) is 9.53 Å². The van der Waals surface area contributed by atoms with Gasteiger partial charge in [-0.05, 0) is 42.8 Å². The first-order valence-corrected chi connectivity index (χ1v) is 7.19. The van der Waals surface area contributed by atoms with E-state index in [1.807, 2.05) is 0 Å². The molecule has 0 aliphatic heterocycles. The smallest absolute Gasteiger partial charge is 0.305 e. The lowest BCUT2D eigenvalue weighted by Crippen LogP contribution is -2.27. The van der Waals surface area contributed by atoms with Crippen LogP contribution in [0.25, 0.3) is 11.3 Å². The zero-order valence-corrected chi connectivity index (χ0v) is 13.0. The second kappa shape index (κ2) is 7.58. The summed E-state index contributed by atoms with van der Waals surface area (Å²) in [5.41, 5.74) is 0.693. The molecule has 0 spiro atoms. The molecule has 2 aromatic rings. The molecule has 0 N–H and O–H groups in total. The van der Waals surface area contributed by atoms with Crippen molar-refractivity contribution in [3.8, 4) is 11.3 Å². The van der Waals surface area contributed by atoms with Gasteiger partial charge in [0.1, 0.15) is 11.6 Å². The van der Waals surface area contributed by atoms with Gasteiger partial charge >= 0.3 is 5.97 Å². The predicted octanol–water partition coefficient (Wildman–Crippen LogP) is 3.11. The van der Waals surface area contributed by atoms with Crippen LogP contribution in [0.1, 0.15) is 23.4 Å². The van der Waals surface area contributed by atoms with Crippen LogP contribution in [0.2, 0.25) is 0 Å². The lowest BCUT2D eigenvalue weighted by atomic mass is 10.2. The van der Waals surface area contributed by atoms with E-state index in [1.54, 1.807) is 31.3 Å². The first kappa shape index (κ1) is 16.7. The quantitative estimate of drug-likeness (QED) is 0.768. The van der Waals surface area contributed by atoms with E-state index in [0.717, 1.165) is 0 Å². The number of hydrogen-bond donors (Lipinski definition) is 0. The third-order valence-corrected chi connectivity index (χ3v) is 3.39. The zero-order chi connectivity index (χ0) is 16.8. The highest BCUT2D eigenvalue weighted by Gasteiger charge is 2.16. The zero-order valence-electron chi connectivity index (χ0n) is 13.0. The van der Waals surface area contributed by atoms with Gasteiger partial charge in [0.05, 0.1) is 7.11 Å². The third kappa shape index (κ3) is 4.42. The fourth-order valence-electron chi connectivity index (χ4n) is 2.07. The van der Waals surface area contributed by atoms with E-state index in [4.69, 9.17) is 4.42 Å². The topological polar surface area (TPSA) is 59.8 Å². The average molecular weight is 319 g/mol. The van der Waals surface area contributed by atoms with Gasteiger partial charge in [-0.1, -0.05) is 0 Å². The van der Waals surface area contributed by atoms with Crippen LogP contribution >= 0.6 is 0 Å². The molecule has 0 atom stereocenters. The van der Waals surface area contributed by atoms with E-state index in [2.05, 4.69) is 4.74 Å². The number of carbonyl (C=O) groups excluding carboxylic acids is 2. The molecule has 0 saturated carbocycles. The molecule has 0 aliphatic rings. The number of nitrogens with zero attached hydrogens (tertiary/aromatic N) is 1. The minimum atomic E-state index is -0.332. The molecule has 1 heterocycles. The summed E-state index contributed by atoms with van der Waals surface area (Å²) in [6.45, 7) is 0.417. The summed E-state index contributed by atoms with van der Waals surface area (Å²) in [5.74, 6) is -0.214. The molecule has 0 unspecified atom stereocenters. The molecule has 1 aromatic heterocycles. The van der Waals surface area contributed by atoms with E-state index in [-0.39, 0.29) is 29.9 Å². The number of esters is 1. The van der Waals surface area contributed by atoms with Crippen LogP contribution in [0, 0.1) is 5.82 Å². The number of ether oxygens (including phenoxy) is 1. The second-order valence-corrected chi connectivity index (χ2v) is 5.08. The summed E-state index contributed by atoms with van der Waals surface area (Å²) in [5, 5.41) is 0. The van der Waals surface area contributed by atoms with Crippen LogP contribution in [0.5, 0.6) is 0 Å². The van der Waals surface area contributed by atoms with Gasteiger partial charge in [-0.25, -0.2) is 4.39 Å². The van der Waals surface area contributed by atoms with Crippen molar-refractivity contribution in [3.05, 3.63) is 48.0 Å². The summed E-state index contributed by atoms with van der Waals surface area (Å²) in [6.07, 6.45) is 0.771. The molecule has 0 aliphatic carbocycles. The molecule has 23 heavy (non-hydrogen) atoms. The fourth-order valence-corrected chi connectivity index (χ4v) is 2.07. The van der Waals surface area contributed by atoms with Crippen LogP contribution in [0.4, 0.5) is 4.39 Å². The van der Waals surface area contributed by atoms with Crippen LogP contribution in [0.3, 0.4) is 0 Å². The lowest BCUT2D eigenvalue weighted by molar-refractivity contribution is -0.140. The van der Waals surface area contributed by atoms with Crippen molar-refractivity contribution in [3.63, 3.8) is 0 Å². The molecular weight excluding hydrogens is 301 g/mol. The number of rotatable bonds is 6. The maximum absolute atomic E-state index is 12.9. The van der Waals surface area contributed by atoms with Crippen molar-refractivity contribution in [1.29, 1.82) is 0 Å². The summed E-state index contributed by atoms with van der Waals surface area (Å²) in [4.78, 5) is 24.8. The monoisotopic (exact) mass is 319 g/mol. The van der Waals surface area contributed by atoms with Crippen LogP contribution < -0.4 is 0 Å². The van der Waals surface area contributed by atoms with Crippen molar-refractivity contribution in [1.82, 2.24) is 4.90 Å². The molecule has 2 rings (SSSR count). The Kier molecular flexibility index (Phi) is 5.51. The molecule has 0 bridgehead atoms. The van der Waals surface area contributed by atoms with E-state index in [0.29, 0.717) is 24.3 Å². The highest BCUT2D eigenvalue weighted by Crippen LogP contribution is 2.23. The lowest BCUT2D eigenvalue weighted by Gasteiger charge is -2.15. The Morgan fingerprint density at radius 1 is 1.17 bits per heavy atom. The molecule has 1 amide bonds. The number of hydrogen-bond acceptors (Lipinski definition) is 4. The molecule has 1 aromatic carbocycles. The first-order chi connectivity index (χ1) is 11.0. The number of carbonyl (C=O) groups is 2. The van der Waals surface area contributed by atoms with E-state index in [9.17, 15) is 14.0 Å². The Balaban J connectivity index is 1.97. The van der Waals surface area contributed by atoms with Crippen molar-refractivity contribution >= 4 is 11.9 Å². The summed E-state index contributed by atoms with van der Waals surface area (Å²) < 4.78 is 23.0. The number of benzene rings is 1. The maximum Gasteiger partial charge on any atom is 0.305 e. The molecule has 5 nitrogen and oxygen atoms in total. The number of methoxy groups -OCH3 is 1. The standard InChI is InChI=1S/C17H18FNO4/c1-19(11-3-4-16(20)22-2)17(21)15-10-9-14(23-15)12-5-7-13(18)8-6-12/h5-10H,3-4,11H2,1-2H3. The third-order valence-electron chi connectivity index (χ3n) is 3.39. The molecule has 0 fully saturated rings. The van der Waals surface area contributed by atoms with E-state index < -0.39 is 0 Å². The number of amides is 1.